The first-order valence-electron chi connectivity index (χ1n) is 12.0. The van der Waals surface area contributed by atoms with Crippen LogP contribution in [0.2, 0.25) is 0 Å². The molecule has 0 aliphatic carbocycles. The van der Waals surface area contributed by atoms with Crippen LogP contribution in [0.4, 0.5) is 5.69 Å². The number of nitrogens with zero attached hydrogens (tertiary/aromatic N) is 2. The van der Waals surface area contributed by atoms with Gasteiger partial charge in [-0.25, -0.2) is 0 Å². The lowest BCUT2D eigenvalue weighted by Crippen LogP contribution is -2.52. The number of benzene rings is 2. The Morgan fingerprint density at radius 1 is 1.17 bits per heavy atom. The lowest BCUT2D eigenvalue weighted by Gasteiger charge is -2.38. The quantitative estimate of drug-likeness (QED) is 0.248. The molecule has 2 aromatic rings. The number of carbonyl (C=O) groups is 2. The first-order valence-corrected chi connectivity index (χ1v) is 15.6. The molecule has 2 aromatic carbocycles. The summed E-state index contributed by atoms with van der Waals surface area (Å²) in [4.78, 5) is 28.5. The number of anilines is 1. The van der Waals surface area contributed by atoms with Gasteiger partial charge in [0.1, 0.15) is 11.9 Å². The van der Waals surface area contributed by atoms with Crippen molar-refractivity contribution in [3.05, 3.63) is 59.7 Å². The van der Waals surface area contributed by atoms with Gasteiger partial charge in [0.15, 0.2) is 0 Å². The second-order valence-corrected chi connectivity index (χ2v) is 15.0. The van der Waals surface area contributed by atoms with Crippen LogP contribution in [-0.4, -0.2) is 58.1 Å². The van der Waals surface area contributed by atoms with Crippen LogP contribution in [0.5, 0.6) is 5.75 Å². The van der Waals surface area contributed by atoms with Gasteiger partial charge in [-0.3, -0.25) is 9.59 Å². The lowest BCUT2D eigenvalue weighted by atomic mass is 9.71. The van der Waals surface area contributed by atoms with Crippen LogP contribution in [0.1, 0.15) is 52.2 Å². The highest BCUT2D eigenvalue weighted by atomic mass is 33.5. The fourth-order valence-corrected chi connectivity index (χ4v) is 10.8. The monoisotopic (exact) mass is 545 g/mol. The molecule has 1 saturated heterocycles. The number of hydrogen-bond acceptors (Lipinski definition) is 7. The molecule has 1 N–H and O–H groups in total. The Morgan fingerprint density at radius 2 is 1.83 bits per heavy atom. The highest BCUT2D eigenvalue weighted by Crippen LogP contribution is 2.59. The van der Waals surface area contributed by atoms with Crippen molar-refractivity contribution in [2.75, 3.05) is 25.2 Å². The van der Waals surface area contributed by atoms with E-state index < -0.39 is 0 Å². The standard InChI is InChI=1S/C27H35N3O3S3/c1-18(31)29(6)25(3,4)35-36-34-17-26(5)16-27(20-12-14-21(33-7)15-13-20)22-10-8-9-11-23(22)28-24(27)30(26)19(2)32/h8-15,24,28H,16-17H2,1-7H3/t24-,26+,27+/m1/s1. The number of amides is 2. The van der Waals surface area contributed by atoms with Crippen molar-refractivity contribution in [2.24, 2.45) is 0 Å². The predicted molar refractivity (Wildman–Crippen MR) is 153 cm³/mol. The molecule has 0 spiro atoms. The summed E-state index contributed by atoms with van der Waals surface area (Å²) in [6, 6.07) is 16.7. The van der Waals surface area contributed by atoms with Gasteiger partial charge in [-0.05, 0) is 66.3 Å². The number of carbonyl (C=O) groups excluding carboxylic acids is 2. The summed E-state index contributed by atoms with van der Waals surface area (Å²) in [5, 5.41) is 3.70. The summed E-state index contributed by atoms with van der Waals surface area (Å²) in [7, 11) is 8.61. The number of likely N-dealkylation sites (tertiary alicyclic amines) is 1. The Kier molecular flexibility index (Phi) is 7.57. The third-order valence-electron chi connectivity index (χ3n) is 7.55. The molecule has 0 aromatic heterocycles. The molecular formula is C27H35N3O3S3. The van der Waals surface area contributed by atoms with E-state index in [1.165, 1.54) is 11.1 Å². The van der Waals surface area contributed by atoms with E-state index in [0.29, 0.717) is 0 Å². The maximum absolute atomic E-state index is 13.2. The molecule has 1 fully saturated rings. The fraction of sp³-hybridized carbons (Fsp3) is 0.481. The van der Waals surface area contributed by atoms with Gasteiger partial charge in [0, 0.05) is 32.3 Å². The zero-order valence-electron chi connectivity index (χ0n) is 22.0. The first kappa shape index (κ1) is 27.1. The molecule has 2 aliphatic rings. The molecule has 0 saturated carbocycles. The Labute approximate surface area is 226 Å². The second-order valence-electron chi connectivity index (χ2n) is 10.3. The van der Waals surface area contributed by atoms with Crippen LogP contribution in [0.3, 0.4) is 0 Å². The zero-order chi connectivity index (χ0) is 26.3. The third-order valence-corrected chi connectivity index (χ3v) is 12.7. The van der Waals surface area contributed by atoms with Crippen molar-refractivity contribution >= 4 is 48.9 Å². The minimum absolute atomic E-state index is 0.0441. The van der Waals surface area contributed by atoms with Crippen LogP contribution in [0, 0.1) is 0 Å². The second kappa shape index (κ2) is 10.1. The van der Waals surface area contributed by atoms with Crippen LogP contribution in [0.25, 0.3) is 0 Å². The average Bonchev–Trinajstić information content (AvgIpc) is 3.29. The highest BCUT2D eigenvalue weighted by Gasteiger charge is 2.63. The van der Waals surface area contributed by atoms with Crippen molar-refractivity contribution in [2.45, 2.75) is 63.0 Å². The summed E-state index contributed by atoms with van der Waals surface area (Å²) in [5.41, 5.74) is 2.75. The number of rotatable bonds is 8. The predicted octanol–water partition coefficient (Wildman–Crippen LogP) is 5.99. The van der Waals surface area contributed by atoms with E-state index in [9.17, 15) is 9.59 Å². The van der Waals surface area contributed by atoms with Gasteiger partial charge in [0.2, 0.25) is 11.8 Å². The van der Waals surface area contributed by atoms with Crippen molar-refractivity contribution < 1.29 is 14.3 Å². The largest absolute Gasteiger partial charge is 0.497 e. The fourth-order valence-electron chi connectivity index (χ4n) is 5.57. The van der Waals surface area contributed by atoms with E-state index in [1.54, 1.807) is 57.3 Å². The summed E-state index contributed by atoms with van der Waals surface area (Å²) >= 11 is 0. The lowest BCUT2D eigenvalue weighted by molar-refractivity contribution is -0.133. The Hall–Kier alpha value is -1.97. The summed E-state index contributed by atoms with van der Waals surface area (Å²) in [6.45, 7) is 9.57. The van der Waals surface area contributed by atoms with Gasteiger partial charge in [-0.2, -0.15) is 0 Å². The topological polar surface area (TPSA) is 61.9 Å². The SMILES string of the molecule is COc1ccc([C@]23C[C@@](C)(CSSSC(C)(C)N(C)C(C)=O)N(C(C)=O)[C@H]2Nc2ccccc23)cc1. The number of nitrogens with one attached hydrogen (secondary N) is 1. The molecule has 0 unspecified atom stereocenters. The maximum Gasteiger partial charge on any atom is 0.221 e. The zero-order valence-corrected chi connectivity index (χ0v) is 24.4. The average molecular weight is 546 g/mol. The summed E-state index contributed by atoms with van der Waals surface area (Å²) < 4.78 is 5.42. The van der Waals surface area contributed by atoms with Crippen molar-refractivity contribution in [3.8, 4) is 5.75 Å². The molecule has 3 atom stereocenters. The van der Waals surface area contributed by atoms with Gasteiger partial charge in [0.25, 0.3) is 0 Å². The molecule has 6 nitrogen and oxygen atoms in total. The number of fused-ring (bicyclic) bond motifs is 3. The molecule has 2 heterocycles. The molecular weight excluding hydrogens is 511 g/mol. The Balaban J connectivity index is 1.65. The highest BCUT2D eigenvalue weighted by molar-refractivity contribution is 9.09. The van der Waals surface area contributed by atoms with E-state index in [0.717, 1.165) is 23.6 Å². The van der Waals surface area contributed by atoms with Crippen LogP contribution >= 0.6 is 31.4 Å². The molecule has 36 heavy (non-hydrogen) atoms. The van der Waals surface area contributed by atoms with Gasteiger partial charge < -0.3 is 19.9 Å². The van der Waals surface area contributed by atoms with Crippen LogP contribution in [0.15, 0.2) is 48.5 Å². The smallest absolute Gasteiger partial charge is 0.221 e. The first-order chi connectivity index (χ1) is 17.0. The van der Waals surface area contributed by atoms with Crippen molar-refractivity contribution in [1.82, 2.24) is 9.80 Å². The van der Waals surface area contributed by atoms with Crippen molar-refractivity contribution in [3.63, 3.8) is 0 Å². The normalized spacial score (nSPS) is 24.6. The van der Waals surface area contributed by atoms with Crippen LogP contribution in [-0.2, 0) is 15.0 Å². The minimum atomic E-state index is -0.369. The summed E-state index contributed by atoms with van der Waals surface area (Å²) in [6.07, 6.45) is 0.625. The Morgan fingerprint density at radius 3 is 2.44 bits per heavy atom. The van der Waals surface area contributed by atoms with Gasteiger partial charge in [-0.1, -0.05) is 51.9 Å². The van der Waals surface area contributed by atoms with Crippen LogP contribution < -0.4 is 10.1 Å². The van der Waals surface area contributed by atoms with Gasteiger partial charge >= 0.3 is 0 Å². The van der Waals surface area contributed by atoms with Crippen molar-refractivity contribution in [1.29, 1.82) is 0 Å². The minimum Gasteiger partial charge on any atom is -0.497 e. The molecule has 2 amide bonds. The molecule has 0 bridgehead atoms. The molecule has 9 heteroatoms. The Bertz CT molecular complexity index is 1140. The molecule has 2 aliphatic heterocycles. The van der Waals surface area contributed by atoms with Gasteiger partial charge in [-0.15, -0.1) is 0 Å². The third kappa shape index (κ3) is 4.58. The van der Waals surface area contributed by atoms with E-state index >= 15 is 0 Å². The molecule has 0 radical (unpaired) electrons. The number of ether oxygens (including phenoxy) is 1. The number of hydrogen-bond donors (Lipinski definition) is 1. The van der Waals surface area contributed by atoms with E-state index in [1.807, 2.05) is 25.2 Å². The van der Waals surface area contributed by atoms with Gasteiger partial charge in [0.05, 0.1) is 22.9 Å². The molecule has 194 valence electrons. The summed E-state index contributed by atoms with van der Waals surface area (Å²) in [5.74, 6) is 1.69. The van der Waals surface area contributed by atoms with E-state index in [-0.39, 0.29) is 33.8 Å². The maximum atomic E-state index is 13.2. The molecule has 4 rings (SSSR count). The van der Waals surface area contributed by atoms with E-state index in [4.69, 9.17) is 4.74 Å². The number of para-hydroxylation sites is 1. The number of methoxy groups -OCH3 is 1. The van der Waals surface area contributed by atoms with E-state index in [2.05, 4.69) is 61.3 Å².